The van der Waals surface area contributed by atoms with E-state index in [9.17, 15) is 0 Å². The van der Waals surface area contributed by atoms with Crippen molar-refractivity contribution in [2.75, 3.05) is 26.4 Å². The van der Waals surface area contributed by atoms with Gasteiger partial charge in [0.15, 0.2) is 0 Å². The highest BCUT2D eigenvalue weighted by atomic mass is 16.5. The van der Waals surface area contributed by atoms with Crippen LogP contribution in [0.5, 0.6) is 0 Å². The van der Waals surface area contributed by atoms with Gasteiger partial charge in [-0.05, 0) is 20.3 Å². The number of aliphatic hydroxyl groups excluding tert-OH is 1. The van der Waals surface area contributed by atoms with Crippen molar-refractivity contribution in [2.24, 2.45) is 0 Å². The van der Waals surface area contributed by atoms with Gasteiger partial charge in [-0.25, -0.2) is 0 Å². The zero-order chi connectivity index (χ0) is 8.53. The maximum Gasteiger partial charge on any atom is 0.0703 e. The molecule has 0 aliphatic carbocycles. The Bertz CT molecular complexity index is 73.7. The molecule has 0 aromatic carbocycles. The zero-order valence-corrected chi connectivity index (χ0v) is 7.38. The normalized spacial score (nSPS) is 10.9. The van der Waals surface area contributed by atoms with Gasteiger partial charge in [-0.1, -0.05) is 0 Å². The van der Waals surface area contributed by atoms with E-state index < -0.39 is 0 Å². The molecule has 68 valence electrons. The first-order chi connectivity index (χ1) is 5.27. The second-order valence-electron chi connectivity index (χ2n) is 2.61. The molecule has 1 N–H and O–H groups in total. The van der Waals surface area contributed by atoms with Gasteiger partial charge in [-0.15, -0.1) is 0 Å². The van der Waals surface area contributed by atoms with Gasteiger partial charge in [0, 0.05) is 13.2 Å². The van der Waals surface area contributed by atoms with Crippen LogP contribution in [0, 0.1) is 0 Å². The molecule has 0 rings (SSSR count). The van der Waals surface area contributed by atoms with E-state index in [-0.39, 0.29) is 12.7 Å². The number of aliphatic hydroxyl groups is 1. The van der Waals surface area contributed by atoms with Crippen LogP contribution in [0.25, 0.3) is 0 Å². The SMILES string of the molecule is CC(C)OCCOCCCO. The summed E-state index contributed by atoms with van der Waals surface area (Å²) in [5.41, 5.74) is 0. The van der Waals surface area contributed by atoms with Crippen molar-refractivity contribution in [3.63, 3.8) is 0 Å². The molecule has 0 bridgehead atoms. The van der Waals surface area contributed by atoms with Crippen molar-refractivity contribution >= 4 is 0 Å². The predicted molar refractivity (Wildman–Crippen MR) is 43.6 cm³/mol. The van der Waals surface area contributed by atoms with Gasteiger partial charge in [0.1, 0.15) is 0 Å². The summed E-state index contributed by atoms with van der Waals surface area (Å²) in [5.74, 6) is 0. The van der Waals surface area contributed by atoms with Gasteiger partial charge in [0.05, 0.1) is 19.3 Å². The highest BCUT2D eigenvalue weighted by molar-refractivity contribution is 4.37. The summed E-state index contributed by atoms with van der Waals surface area (Å²) >= 11 is 0. The van der Waals surface area contributed by atoms with E-state index in [2.05, 4.69) is 0 Å². The molecule has 0 atom stereocenters. The van der Waals surface area contributed by atoms with Crippen LogP contribution in [0.1, 0.15) is 20.3 Å². The lowest BCUT2D eigenvalue weighted by atomic mass is 10.5. The van der Waals surface area contributed by atoms with Crippen molar-refractivity contribution in [1.29, 1.82) is 0 Å². The second kappa shape index (κ2) is 7.98. The first-order valence-corrected chi connectivity index (χ1v) is 4.07. The Hall–Kier alpha value is -0.120. The van der Waals surface area contributed by atoms with E-state index in [0.717, 1.165) is 0 Å². The number of hydrogen-bond acceptors (Lipinski definition) is 3. The van der Waals surface area contributed by atoms with Crippen molar-refractivity contribution in [1.82, 2.24) is 0 Å². The molecule has 0 aromatic rings. The average Bonchev–Trinajstić information content (AvgIpc) is 1.96. The Morgan fingerprint density at radius 2 is 1.91 bits per heavy atom. The Balaban J connectivity index is 2.80. The molecule has 0 unspecified atom stereocenters. The molecule has 0 radical (unpaired) electrons. The van der Waals surface area contributed by atoms with Gasteiger partial charge in [0.25, 0.3) is 0 Å². The van der Waals surface area contributed by atoms with Crippen LogP contribution < -0.4 is 0 Å². The summed E-state index contributed by atoms with van der Waals surface area (Å²) in [6.07, 6.45) is 0.984. The van der Waals surface area contributed by atoms with E-state index in [1.165, 1.54) is 0 Å². The van der Waals surface area contributed by atoms with Crippen LogP contribution in [-0.2, 0) is 9.47 Å². The number of rotatable bonds is 7. The maximum atomic E-state index is 8.40. The summed E-state index contributed by atoms with van der Waals surface area (Å²) < 4.78 is 10.4. The standard InChI is InChI=1S/C8H18O3/c1-8(2)11-7-6-10-5-3-4-9/h8-9H,3-7H2,1-2H3. The van der Waals surface area contributed by atoms with Gasteiger partial charge in [-0.2, -0.15) is 0 Å². The summed E-state index contributed by atoms with van der Waals surface area (Å²) in [6, 6.07) is 0. The number of ether oxygens (including phenoxy) is 2. The summed E-state index contributed by atoms with van der Waals surface area (Å²) in [4.78, 5) is 0. The fourth-order valence-electron chi connectivity index (χ4n) is 0.611. The van der Waals surface area contributed by atoms with E-state index in [4.69, 9.17) is 14.6 Å². The minimum Gasteiger partial charge on any atom is -0.396 e. The summed E-state index contributed by atoms with van der Waals surface area (Å²) in [5, 5.41) is 8.40. The molecular formula is C8H18O3. The predicted octanol–water partition coefficient (Wildman–Crippen LogP) is 0.810. The minimum absolute atomic E-state index is 0.199. The summed E-state index contributed by atoms with van der Waals surface area (Å²) in [6.45, 7) is 6.08. The fraction of sp³-hybridized carbons (Fsp3) is 1.00. The van der Waals surface area contributed by atoms with Gasteiger partial charge < -0.3 is 14.6 Å². The average molecular weight is 162 g/mol. The fourth-order valence-corrected chi connectivity index (χ4v) is 0.611. The van der Waals surface area contributed by atoms with Crippen LogP contribution in [0.2, 0.25) is 0 Å². The zero-order valence-electron chi connectivity index (χ0n) is 7.38. The third kappa shape index (κ3) is 9.88. The monoisotopic (exact) mass is 162 g/mol. The molecule has 0 aromatic heterocycles. The van der Waals surface area contributed by atoms with Crippen molar-refractivity contribution in [2.45, 2.75) is 26.4 Å². The van der Waals surface area contributed by atoms with E-state index in [1.807, 2.05) is 13.8 Å². The molecule has 11 heavy (non-hydrogen) atoms. The van der Waals surface area contributed by atoms with Gasteiger partial charge in [-0.3, -0.25) is 0 Å². The Labute approximate surface area is 68.3 Å². The summed E-state index contributed by atoms with van der Waals surface area (Å²) in [7, 11) is 0. The van der Waals surface area contributed by atoms with Crippen LogP contribution in [0.3, 0.4) is 0 Å². The maximum absolute atomic E-state index is 8.40. The van der Waals surface area contributed by atoms with E-state index in [1.54, 1.807) is 0 Å². The van der Waals surface area contributed by atoms with Crippen LogP contribution >= 0.6 is 0 Å². The molecule has 0 fully saturated rings. The van der Waals surface area contributed by atoms with Crippen LogP contribution in [0.4, 0.5) is 0 Å². The smallest absolute Gasteiger partial charge is 0.0703 e. The Morgan fingerprint density at radius 1 is 1.18 bits per heavy atom. The largest absolute Gasteiger partial charge is 0.396 e. The molecular weight excluding hydrogens is 144 g/mol. The molecule has 3 heteroatoms. The van der Waals surface area contributed by atoms with Crippen molar-refractivity contribution in [3.05, 3.63) is 0 Å². The lowest BCUT2D eigenvalue weighted by Gasteiger charge is -2.07. The second-order valence-corrected chi connectivity index (χ2v) is 2.61. The Kier molecular flexibility index (Phi) is 7.89. The quantitative estimate of drug-likeness (QED) is 0.563. The third-order valence-corrected chi connectivity index (χ3v) is 1.13. The minimum atomic E-state index is 0.199. The van der Waals surface area contributed by atoms with Crippen LogP contribution in [0.15, 0.2) is 0 Å². The molecule has 0 saturated heterocycles. The Morgan fingerprint density at radius 3 is 2.45 bits per heavy atom. The highest BCUT2D eigenvalue weighted by Gasteiger charge is 1.92. The molecule has 0 heterocycles. The molecule has 3 nitrogen and oxygen atoms in total. The molecule has 0 aliphatic heterocycles. The molecule has 0 spiro atoms. The van der Waals surface area contributed by atoms with Crippen molar-refractivity contribution < 1.29 is 14.6 Å². The number of hydrogen-bond donors (Lipinski definition) is 1. The lowest BCUT2D eigenvalue weighted by molar-refractivity contribution is 0.0165. The van der Waals surface area contributed by atoms with Crippen molar-refractivity contribution in [3.8, 4) is 0 Å². The van der Waals surface area contributed by atoms with Gasteiger partial charge in [0.2, 0.25) is 0 Å². The topological polar surface area (TPSA) is 38.7 Å². The third-order valence-electron chi connectivity index (χ3n) is 1.13. The first kappa shape index (κ1) is 10.9. The molecule has 0 saturated carbocycles. The molecule has 0 amide bonds. The van der Waals surface area contributed by atoms with Crippen LogP contribution in [-0.4, -0.2) is 37.6 Å². The molecule has 0 aliphatic rings. The van der Waals surface area contributed by atoms with Gasteiger partial charge >= 0.3 is 0 Å². The first-order valence-electron chi connectivity index (χ1n) is 4.07. The van der Waals surface area contributed by atoms with E-state index >= 15 is 0 Å². The highest BCUT2D eigenvalue weighted by Crippen LogP contribution is 1.87. The van der Waals surface area contributed by atoms with E-state index in [0.29, 0.717) is 26.2 Å². The lowest BCUT2D eigenvalue weighted by Crippen LogP contribution is -2.10.